The third-order valence-corrected chi connectivity index (χ3v) is 11.9. The van der Waals surface area contributed by atoms with Crippen molar-refractivity contribution in [3.63, 3.8) is 0 Å². The van der Waals surface area contributed by atoms with E-state index in [0.717, 1.165) is 34.0 Å². The number of hydrogen-bond donors (Lipinski definition) is 0. The van der Waals surface area contributed by atoms with Crippen LogP contribution in [0.5, 0.6) is 11.5 Å². The molecule has 58 heavy (non-hydrogen) atoms. The van der Waals surface area contributed by atoms with Gasteiger partial charge < -0.3 is 14.5 Å². The van der Waals surface area contributed by atoms with Gasteiger partial charge >= 0.3 is 0 Å². The molecule has 2 aromatic heterocycles. The maximum atomic E-state index is 6.69. The summed E-state index contributed by atoms with van der Waals surface area (Å²) in [7, 11) is 0. The van der Waals surface area contributed by atoms with Crippen LogP contribution in [0.4, 0.5) is 11.4 Å². The molecule has 0 amide bonds. The molecule has 296 valence electrons. The van der Waals surface area contributed by atoms with E-state index in [1.54, 1.807) is 0 Å². The Balaban J connectivity index is 1.11. The van der Waals surface area contributed by atoms with Crippen LogP contribution in [0.2, 0.25) is 0 Å². The van der Waals surface area contributed by atoms with Crippen molar-refractivity contribution in [1.29, 1.82) is 0 Å². The first-order valence-electron chi connectivity index (χ1n) is 20.6. The summed E-state index contributed by atoms with van der Waals surface area (Å²) in [4.78, 5) is 9.54. The zero-order chi connectivity index (χ0) is 41.2. The molecule has 0 spiro atoms. The minimum atomic E-state index is -0.147. The van der Waals surface area contributed by atoms with Gasteiger partial charge in [0.2, 0.25) is 0 Å². The Morgan fingerprint density at radius 2 is 1.12 bits per heavy atom. The fraction of sp³-hybridized carbons (Fsp3) is 0.302. The summed E-state index contributed by atoms with van der Waals surface area (Å²) >= 11 is 0. The SMILES string of the molecule is CC(C)(C)c1cc(N2C=CN(c3cccc(Oc4ccc5c6cc(C(C)(C)C)ccc6n(-c6cc(C(C)(C)C)ccn6)c5c4)c3)C2)cc(C(C)(C)c2ccccc2)c1. The molecule has 0 radical (unpaired) electrons. The summed E-state index contributed by atoms with van der Waals surface area (Å²) in [5.74, 6) is 2.47. The van der Waals surface area contributed by atoms with Gasteiger partial charge in [-0.2, -0.15) is 0 Å². The largest absolute Gasteiger partial charge is 0.457 e. The van der Waals surface area contributed by atoms with Crippen LogP contribution < -0.4 is 14.5 Å². The highest BCUT2D eigenvalue weighted by Gasteiger charge is 2.28. The van der Waals surface area contributed by atoms with E-state index in [9.17, 15) is 0 Å². The minimum Gasteiger partial charge on any atom is -0.457 e. The van der Waals surface area contributed by atoms with Crippen LogP contribution in [-0.2, 0) is 21.7 Å². The zero-order valence-electron chi connectivity index (χ0n) is 36.2. The molecule has 0 saturated heterocycles. The summed E-state index contributed by atoms with van der Waals surface area (Å²) in [6, 6.07) is 44.0. The molecule has 0 N–H and O–H groups in total. The number of pyridine rings is 1. The number of anilines is 2. The molecule has 5 heteroatoms. The first kappa shape index (κ1) is 39.0. The second-order valence-electron chi connectivity index (χ2n) is 19.6. The van der Waals surface area contributed by atoms with Gasteiger partial charge in [-0.05, 0) is 105 Å². The van der Waals surface area contributed by atoms with Crippen molar-refractivity contribution >= 4 is 33.2 Å². The quantitative estimate of drug-likeness (QED) is 0.162. The first-order chi connectivity index (χ1) is 27.4. The Labute approximate surface area is 345 Å². The summed E-state index contributed by atoms with van der Waals surface area (Å²) in [6.45, 7) is 25.8. The third-order valence-electron chi connectivity index (χ3n) is 11.9. The van der Waals surface area contributed by atoms with Crippen LogP contribution in [-0.4, -0.2) is 16.2 Å². The van der Waals surface area contributed by atoms with Crippen LogP contribution in [0.3, 0.4) is 0 Å². The molecule has 1 aliphatic heterocycles. The number of benzene rings is 5. The Bertz CT molecular complexity index is 2660. The van der Waals surface area contributed by atoms with Crippen LogP contribution in [0.15, 0.2) is 140 Å². The van der Waals surface area contributed by atoms with Gasteiger partial charge in [-0.1, -0.05) is 125 Å². The van der Waals surface area contributed by atoms with Gasteiger partial charge in [0, 0.05) is 58.3 Å². The maximum absolute atomic E-state index is 6.69. The molecule has 5 nitrogen and oxygen atoms in total. The molecule has 0 atom stereocenters. The highest BCUT2D eigenvalue weighted by molar-refractivity contribution is 6.09. The van der Waals surface area contributed by atoms with Gasteiger partial charge in [0.25, 0.3) is 0 Å². The molecule has 3 heterocycles. The van der Waals surface area contributed by atoms with E-state index < -0.39 is 0 Å². The molecule has 7 aromatic rings. The smallest absolute Gasteiger partial charge is 0.137 e. The Morgan fingerprint density at radius 3 is 1.83 bits per heavy atom. The fourth-order valence-electron chi connectivity index (χ4n) is 7.99. The van der Waals surface area contributed by atoms with Crippen molar-refractivity contribution in [1.82, 2.24) is 9.55 Å². The standard InChI is InChI=1S/C53H58N4O/c1-50(2,3)37-20-23-47-46(31-37)45-22-21-44(34-48(45)57(47)49-32-38(24-25-54-49)51(4,5)6)58-43-19-15-18-41(33-43)55-26-27-56(35-55)42-29-39(52(7,8)9)28-40(30-42)53(10,11)36-16-13-12-14-17-36/h12-34H,35H2,1-11H3. The lowest BCUT2D eigenvalue weighted by molar-refractivity contribution is 0.483. The van der Waals surface area contributed by atoms with E-state index in [-0.39, 0.29) is 21.7 Å². The molecule has 0 bridgehead atoms. The lowest BCUT2D eigenvalue weighted by Crippen LogP contribution is -2.26. The first-order valence-corrected chi connectivity index (χ1v) is 20.6. The summed E-state index contributed by atoms with van der Waals surface area (Å²) in [6.07, 6.45) is 6.29. The van der Waals surface area contributed by atoms with Crippen LogP contribution in [0.25, 0.3) is 27.6 Å². The monoisotopic (exact) mass is 766 g/mol. The van der Waals surface area contributed by atoms with Crippen molar-refractivity contribution in [3.8, 4) is 17.3 Å². The third kappa shape index (κ3) is 7.51. The fourth-order valence-corrected chi connectivity index (χ4v) is 7.99. The zero-order valence-corrected chi connectivity index (χ0v) is 36.2. The van der Waals surface area contributed by atoms with Gasteiger partial charge in [0.1, 0.15) is 17.3 Å². The highest BCUT2D eigenvalue weighted by Crippen LogP contribution is 2.40. The molecule has 0 unspecified atom stereocenters. The molecular formula is C53H58N4O. The highest BCUT2D eigenvalue weighted by atomic mass is 16.5. The number of nitrogens with zero attached hydrogens (tertiary/aromatic N) is 4. The second-order valence-corrected chi connectivity index (χ2v) is 19.6. The van der Waals surface area contributed by atoms with E-state index in [1.807, 2.05) is 12.3 Å². The van der Waals surface area contributed by atoms with E-state index in [0.29, 0.717) is 6.67 Å². The normalized spacial score (nSPS) is 13.9. The molecular weight excluding hydrogens is 709 g/mol. The van der Waals surface area contributed by atoms with Crippen molar-refractivity contribution < 1.29 is 4.74 Å². The number of hydrogen-bond acceptors (Lipinski definition) is 4. The van der Waals surface area contributed by atoms with Crippen LogP contribution in [0.1, 0.15) is 104 Å². The van der Waals surface area contributed by atoms with Crippen LogP contribution >= 0.6 is 0 Å². The molecule has 0 fully saturated rings. The van der Waals surface area contributed by atoms with E-state index >= 15 is 0 Å². The summed E-state index contributed by atoms with van der Waals surface area (Å²) in [5, 5.41) is 2.39. The van der Waals surface area contributed by atoms with Gasteiger partial charge in [-0.25, -0.2) is 4.98 Å². The van der Waals surface area contributed by atoms with Crippen molar-refractivity contribution in [2.75, 3.05) is 16.5 Å². The predicted molar refractivity (Wildman–Crippen MR) is 245 cm³/mol. The number of ether oxygens (including phenoxy) is 1. The average molecular weight is 767 g/mol. The lowest BCUT2D eigenvalue weighted by Gasteiger charge is -2.31. The van der Waals surface area contributed by atoms with Gasteiger partial charge in [-0.15, -0.1) is 0 Å². The molecule has 1 aliphatic rings. The van der Waals surface area contributed by atoms with E-state index in [4.69, 9.17) is 9.72 Å². The number of aromatic nitrogens is 2. The Morgan fingerprint density at radius 1 is 0.466 bits per heavy atom. The predicted octanol–water partition coefficient (Wildman–Crippen LogP) is 13.9. The minimum absolute atomic E-state index is 0.00457. The van der Waals surface area contributed by atoms with Gasteiger partial charge in [-0.3, -0.25) is 4.57 Å². The maximum Gasteiger partial charge on any atom is 0.137 e. The summed E-state index contributed by atoms with van der Waals surface area (Å²) in [5.41, 5.74) is 10.9. The van der Waals surface area contributed by atoms with Crippen molar-refractivity contribution in [3.05, 3.63) is 168 Å². The van der Waals surface area contributed by atoms with E-state index in [1.165, 1.54) is 44.3 Å². The lowest BCUT2D eigenvalue weighted by atomic mass is 9.75. The topological polar surface area (TPSA) is 33.5 Å². The number of rotatable bonds is 7. The Kier molecular flexibility index (Phi) is 9.58. The Hall–Kier alpha value is -5.81. The second kappa shape index (κ2) is 14.2. The van der Waals surface area contributed by atoms with Crippen molar-refractivity contribution in [2.24, 2.45) is 0 Å². The molecule has 8 rings (SSSR count). The van der Waals surface area contributed by atoms with Crippen molar-refractivity contribution in [2.45, 2.75) is 97.8 Å². The average Bonchev–Trinajstić information content (AvgIpc) is 3.81. The van der Waals surface area contributed by atoms with Crippen LogP contribution in [0, 0.1) is 0 Å². The molecule has 0 aliphatic carbocycles. The van der Waals surface area contributed by atoms with E-state index in [2.05, 4.69) is 218 Å². The summed E-state index contributed by atoms with van der Waals surface area (Å²) < 4.78 is 8.98. The molecule has 5 aromatic carbocycles. The molecule has 0 saturated carbocycles. The number of fused-ring (bicyclic) bond motifs is 3. The van der Waals surface area contributed by atoms with Gasteiger partial charge in [0.05, 0.1) is 17.7 Å². The van der Waals surface area contributed by atoms with Gasteiger partial charge in [0.15, 0.2) is 0 Å².